The molecule has 1 saturated heterocycles. The number of carbonyl (C=O) groups is 1. The van der Waals surface area contributed by atoms with E-state index in [1.54, 1.807) is 30.2 Å². The Hall–Kier alpha value is -2.34. The average Bonchev–Trinajstić information content (AvgIpc) is 2.99. The van der Waals surface area contributed by atoms with E-state index in [2.05, 4.69) is 22.0 Å². The molecule has 0 unspecified atom stereocenters. The molecule has 29 heavy (non-hydrogen) atoms. The van der Waals surface area contributed by atoms with Crippen LogP contribution in [-0.2, 0) is 11.4 Å². The van der Waals surface area contributed by atoms with Gasteiger partial charge < -0.3 is 9.47 Å². The van der Waals surface area contributed by atoms with Crippen LogP contribution in [0.3, 0.4) is 0 Å². The highest BCUT2D eigenvalue weighted by Crippen LogP contribution is 2.39. The van der Waals surface area contributed by atoms with Crippen molar-refractivity contribution in [2.24, 2.45) is 0 Å². The number of amides is 1. The maximum atomic E-state index is 12.4. The summed E-state index contributed by atoms with van der Waals surface area (Å²) >= 11 is 10.1. The maximum absolute atomic E-state index is 12.4. The number of likely N-dealkylation sites (N-methyl/N-ethyl adjacent to an activating group) is 1. The van der Waals surface area contributed by atoms with Gasteiger partial charge in [-0.1, -0.05) is 36.1 Å². The summed E-state index contributed by atoms with van der Waals surface area (Å²) in [5.41, 5.74) is 2.34. The van der Waals surface area contributed by atoms with Crippen LogP contribution in [0.5, 0.6) is 11.5 Å². The molecule has 8 heteroatoms. The van der Waals surface area contributed by atoms with Crippen LogP contribution in [0.25, 0.3) is 6.08 Å². The predicted molar refractivity (Wildman–Crippen MR) is 122 cm³/mol. The number of rotatable bonds is 6. The topological polar surface area (TPSA) is 62.6 Å². The van der Waals surface area contributed by atoms with Crippen LogP contribution in [-0.4, -0.2) is 28.8 Å². The summed E-state index contributed by atoms with van der Waals surface area (Å²) in [5.74, 6) is 1.03. The highest BCUT2D eigenvalue weighted by molar-refractivity contribution is 9.10. The molecule has 0 atom stereocenters. The molecule has 0 N–H and O–H groups in total. The normalized spacial score (nSPS) is 15.0. The monoisotopic (exact) mass is 488 g/mol. The van der Waals surface area contributed by atoms with E-state index in [-0.39, 0.29) is 5.91 Å². The Morgan fingerprint density at radius 2 is 2.03 bits per heavy atom. The van der Waals surface area contributed by atoms with E-state index in [4.69, 9.17) is 27.0 Å². The molecule has 1 aliphatic rings. The fraction of sp³-hybridized carbons (Fsp3) is 0.190. The Labute approximate surface area is 187 Å². The van der Waals surface area contributed by atoms with Crippen molar-refractivity contribution in [2.45, 2.75) is 13.5 Å². The molecule has 0 aromatic heterocycles. The minimum Gasteiger partial charge on any atom is -0.493 e. The van der Waals surface area contributed by atoms with Crippen LogP contribution in [0.4, 0.5) is 0 Å². The standard InChI is InChI=1S/C21H17BrN2O3S2/c1-3-24-20(25)18(29-21(24)28)10-15-8-16(22)19(17(9-15)26-2)27-12-14-6-4-13(11-23)5-7-14/h4-10H,3,12H2,1-2H3/b18-10-. The van der Waals surface area contributed by atoms with Gasteiger partial charge in [0.15, 0.2) is 11.5 Å². The summed E-state index contributed by atoms with van der Waals surface area (Å²) in [5, 5.41) is 8.89. The first-order chi connectivity index (χ1) is 14.0. The molecule has 1 amide bonds. The minimum absolute atomic E-state index is 0.0845. The van der Waals surface area contributed by atoms with E-state index in [0.29, 0.717) is 43.9 Å². The summed E-state index contributed by atoms with van der Waals surface area (Å²) in [4.78, 5) is 14.6. The Bertz CT molecular complexity index is 1030. The lowest BCUT2D eigenvalue weighted by molar-refractivity contribution is -0.121. The second kappa shape index (κ2) is 9.44. The molecule has 1 fully saturated rings. The number of benzene rings is 2. The van der Waals surface area contributed by atoms with Gasteiger partial charge in [0.1, 0.15) is 10.9 Å². The van der Waals surface area contributed by atoms with Crippen molar-refractivity contribution < 1.29 is 14.3 Å². The Morgan fingerprint density at radius 3 is 2.62 bits per heavy atom. The quantitative estimate of drug-likeness (QED) is 0.414. The van der Waals surface area contributed by atoms with Gasteiger partial charge in [0.05, 0.1) is 28.1 Å². The van der Waals surface area contributed by atoms with Crippen LogP contribution >= 0.6 is 39.9 Å². The molecule has 0 aliphatic carbocycles. The van der Waals surface area contributed by atoms with Gasteiger partial charge in [0.2, 0.25) is 0 Å². The lowest BCUT2D eigenvalue weighted by Gasteiger charge is -2.14. The number of carbonyl (C=O) groups excluding carboxylic acids is 1. The SMILES string of the molecule is CCN1C(=O)/C(=C/c2cc(Br)c(OCc3ccc(C#N)cc3)c(OC)c2)SC1=S. The summed E-state index contributed by atoms with van der Waals surface area (Å²) in [7, 11) is 1.57. The van der Waals surface area contributed by atoms with Gasteiger partial charge in [-0.05, 0) is 64.3 Å². The number of thioether (sulfide) groups is 1. The lowest BCUT2D eigenvalue weighted by atomic mass is 10.1. The average molecular weight is 489 g/mol. The van der Waals surface area contributed by atoms with E-state index < -0.39 is 0 Å². The van der Waals surface area contributed by atoms with Gasteiger partial charge in [0, 0.05) is 6.54 Å². The van der Waals surface area contributed by atoms with Crippen LogP contribution in [0.1, 0.15) is 23.6 Å². The first-order valence-electron chi connectivity index (χ1n) is 8.71. The Morgan fingerprint density at radius 1 is 1.31 bits per heavy atom. The fourth-order valence-electron chi connectivity index (χ4n) is 2.72. The number of nitriles is 1. The molecule has 3 rings (SSSR count). The largest absolute Gasteiger partial charge is 0.493 e. The second-order valence-corrected chi connectivity index (χ2v) is 8.59. The summed E-state index contributed by atoms with van der Waals surface area (Å²) < 4.78 is 12.7. The van der Waals surface area contributed by atoms with Gasteiger partial charge >= 0.3 is 0 Å². The molecule has 0 spiro atoms. The molecule has 2 aromatic carbocycles. The highest BCUT2D eigenvalue weighted by atomic mass is 79.9. The molecule has 148 valence electrons. The zero-order valence-electron chi connectivity index (χ0n) is 15.8. The van der Waals surface area contributed by atoms with E-state index >= 15 is 0 Å². The molecule has 5 nitrogen and oxygen atoms in total. The van der Waals surface area contributed by atoms with Gasteiger partial charge in [-0.3, -0.25) is 9.69 Å². The second-order valence-electron chi connectivity index (χ2n) is 6.06. The molecule has 2 aromatic rings. The van der Waals surface area contributed by atoms with E-state index in [0.717, 1.165) is 11.1 Å². The van der Waals surface area contributed by atoms with Crippen molar-refractivity contribution in [3.63, 3.8) is 0 Å². The van der Waals surface area contributed by atoms with Gasteiger partial charge in [-0.2, -0.15) is 5.26 Å². The number of thiocarbonyl (C=S) groups is 1. The Kier molecular flexibility index (Phi) is 6.96. The van der Waals surface area contributed by atoms with Crippen molar-refractivity contribution in [3.05, 3.63) is 62.5 Å². The lowest BCUT2D eigenvalue weighted by Crippen LogP contribution is -2.27. The number of nitrogens with zero attached hydrogens (tertiary/aromatic N) is 2. The molecule has 1 aliphatic heterocycles. The molecular weight excluding hydrogens is 472 g/mol. The van der Waals surface area contributed by atoms with Crippen molar-refractivity contribution in [1.82, 2.24) is 4.90 Å². The number of hydrogen-bond acceptors (Lipinski definition) is 6. The number of ether oxygens (including phenoxy) is 2. The number of halogens is 1. The first-order valence-corrected chi connectivity index (χ1v) is 10.7. The molecule has 0 radical (unpaired) electrons. The van der Waals surface area contributed by atoms with Crippen LogP contribution < -0.4 is 9.47 Å². The third-order valence-electron chi connectivity index (χ3n) is 4.21. The van der Waals surface area contributed by atoms with Crippen molar-refractivity contribution in [2.75, 3.05) is 13.7 Å². The summed E-state index contributed by atoms with van der Waals surface area (Å²) in [6.07, 6.45) is 1.80. The zero-order valence-corrected chi connectivity index (χ0v) is 19.0. The maximum Gasteiger partial charge on any atom is 0.266 e. The summed E-state index contributed by atoms with van der Waals surface area (Å²) in [6.45, 7) is 2.78. The predicted octanol–water partition coefficient (Wildman–Crippen LogP) is 5.13. The smallest absolute Gasteiger partial charge is 0.266 e. The van der Waals surface area contributed by atoms with Gasteiger partial charge in [0.25, 0.3) is 5.91 Å². The van der Waals surface area contributed by atoms with Gasteiger partial charge in [-0.15, -0.1) is 0 Å². The van der Waals surface area contributed by atoms with Crippen molar-refractivity contribution in [1.29, 1.82) is 5.26 Å². The number of hydrogen-bond donors (Lipinski definition) is 0. The molecule has 1 heterocycles. The Balaban J connectivity index is 1.82. The molecular formula is C21H17BrN2O3S2. The fourth-order valence-corrected chi connectivity index (χ4v) is 4.68. The van der Waals surface area contributed by atoms with E-state index in [1.165, 1.54) is 11.8 Å². The van der Waals surface area contributed by atoms with Crippen molar-refractivity contribution >= 4 is 56.2 Å². The van der Waals surface area contributed by atoms with E-state index in [1.807, 2.05) is 31.2 Å². The van der Waals surface area contributed by atoms with E-state index in [9.17, 15) is 4.79 Å². The first kappa shape index (κ1) is 21.4. The van der Waals surface area contributed by atoms with Crippen molar-refractivity contribution in [3.8, 4) is 17.6 Å². The zero-order chi connectivity index (χ0) is 21.0. The highest BCUT2D eigenvalue weighted by Gasteiger charge is 2.30. The van der Waals surface area contributed by atoms with Crippen LogP contribution in [0.15, 0.2) is 45.8 Å². The third-order valence-corrected chi connectivity index (χ3v) is 6.17. The number of methoxy groups -OCH3 is 1. The van der Waals surface area contributed by atoms with Gasteiger partial charge in [-0.25, -0.2) is 0 Å². The van der Waals surface area contributed by atoms with Crippen LogP contribution in [0.2, 0.25) is 0 Å². The molecule has 0 bridgehead atoms. The molecule has 0 saturated carbocycles. The minimum atomic E-state index is -0.0845. The van der Waals surface area contributed by atoms with Crippen LogP contribution in [0, 0.1) is 11.3 Å². The summed E-state index contributed by atoms with van der Waals surface area (Å²) in [6, 6.07) is 13.0. The third kappa shape index (κ3) is 4.81.